The van der Waals surface area contributed by atoms with Gasteiger partial charge in [0.15, 0.2) is 0 Å². The van der Waals surface area contributed by atoms with Crippen LogP contribution in [-0.4, -0.2) is 50.3 Å². The Morgan fingerprint density at radius 1 is 1.48 bits per heavy atom. The van der Waals surface area contributed by atoms with E-state index in [9.17, 15) is 13.2 Å². The zero-order chi connectivity index (χ0) is 18.3. The first kappa shape index (κ1) is 19.8. The highest BCUT2D eigenvalue weighted by atomic mass is 32.2. The van der Waals surface area contributed by atoms with E-state index in [1.165, 1.54) is 16.4 Å². The second kappa shape index (κ2) is 9.22. The zero-order valence-corrected chi connectivity index (χ0v) is 15.9. The summed E-state index contributed by atoms with van der Waals surface area (Å²) in [4.78, 5) is 12.3. The van der Waals surface area contributed by atoms with E-state index in [-0.39, 0.29) is 23.3 Å². The second-order valence-electron chi connectivity index (χ2n) is 5.96. The molecule has 136 valence electrons. The summed E-state index contributed by atoms with van der Waals surface area (Å²) in [7, 11) is -3.69. The molecule has 0 unspecified atom stereocenters. The van der Waals surface area contributed by atoms with Gasteiger partial charge in [-0.25, -0.2) is 8.42 Å². The summed E-state index contributed by atoms with van der Waals surface area (Å²) < 4.78 is 27.0. The van der Waals surface area contributed by atoms with Gasteiger partial charge in [0.25, 0.3) is 5.91 Å². The van der Waals surface area contributed by atoms with Crippen LogP contribution in [0.25, 0.3) is 0 Å². The van der Waals surface area contributed by atoms with Gasteiger partial charge in [-0.2, -0.15) is 21.3 Å². The minimum Gasteiger partial charge on any atom is -0.352 e. The summed E-state index contributed by atoms with van der Waals surface area (Å²) in [6.07, 6.45) is 4.27. The summed E-state index contributed by atoms with van der Waals surface area (Å²) in [5, 5.41) is 11.9. The Labute approximate surface area is 153 Å². The molecule has 2 rings (SSSR count). The molecule has 0 aromatic heterocycles. The predicted molar refractivity (Wildman–Crippen MR) is 98.9 cm³/mol. The van der Waals surface area contributed by atoms with Crippen molar-refractivity contribution in [2.45, 2.75) is 24.2 Å². The topological polar surface area (TPSA) is 90.3 Å². The molecule has 1 atom stereocenters. The molecule has 0 spiro atoms. The fourth-order valence-electron chi connectivity index (χ4n) is 2.73. The molecule has 1 aliphatic heterocycles. The van der Waals surface area contributed by atoms with E-state index in [1.807, 2.05) is 6.26 Å². The van der Waals surface area contributed by atoms with E-state index in [4.69, 9.17) is 5.26 Å². The van der Waals surface area contributed by atoms with E-state index < -0.39 is 10.0 Å². The Morgan fingerprint density at radius 3 is 3.00 bits per heavy atom. The third-order valence-corrected chi connectivity index (χ3v) is 6.67. The summed E-state index contributed by atoms with van der Waals surface area (Å²) in [5.74, 6) is 0.419. The molecule has 1 aromatic carbocycles. The average Bonchev–Trinajstić information content (AvgIpc) is 2.65. The van der Waals surface area contributed by atoms with Crippen molar-refractivity contribution in [1.82, 2.24) is 9.62 Å². The summed E-state index contributed by atoms with van der Waals surface area (Å²) in [6, 6.07) is 8.24. The fraction of sp³-hybridized carbons (Fsp3) is 0.529. The maximum absolute atomic E-state index is 12.8. The van der Waals surface area contributed by atoms with Crippen molar-refractivity contribution in [1.29, 1.82) is 5.26 Å². The molecule has 1 N–H and O–H groups in total. The summed E-state index contributed by atoms with van der Waals surface area (Å²) in [5.41, 5.74) is 0.332. The number of thioether (sulfide) groups is 1. The third-order valence-electron chi connectivity index (χ3n) is 4.11. The number of sulfonamides is 1. The molecule has 1 fully saturated rings. The minimum absolute atomic E-state index is 0.0999. The Kier molecular flexibility index (Phi) is 7.29. The lowest BCUT2D eigenvalue weighted by molar-refractivity contribution is 0.0953. The molecule has 0 bridgehead atoms. The maximum atomic E-state index is 12.8. The Bertz CT molecular complexity index is 744. The van der Waals surface area contributed by atoms with Crippen molar-refractivity contribution in [3.8, 4) is 6.07 Å². The van der Waals surface area contributed by atoms with Gasteiger partial charge in [-0.05, 0) is 49.5 Å². The van der Waals surface area contributed by atoms with E-state index in [1.54, 1.807) is 23.9 Å². The van der Waals surface area contributed by atoms with E-state index >= 15 is 0 Å². The zero-order valence-electron chi connectivity index (χ0n) is 14.3. The van der Waals surface area contributed by atoms with Crippen LogP contribution in [0.2, 0.25) is 0 Å². The van der Waals surface area contributed by atoms with Crippen LogP contribution in [0.15, 0.2) is 29.2 Å². The SMILES string of the molecule is CSCCCNC(=O)c1cccc(S(=O)(=O)N2CCC[C@@H](C#N)C2)c1. The molecular formula is C17H23N3O3S2. The highest BCUT2D eigenvalue weighted by Gasteiger charge is 2.30. The highest BCUT2D eigenvalue weighted by Crippen LogP contribution is 2.24. The van der Waals surface area contributed by atoms with Crippen molar-refractivity contribution in [3.63, 3.8) is 0 Å². The molecule has 1 heterocycles. The van der Waals surface area contributed by atoms with E-state index in [0.29, 0.717) is 25.1 Å². The van der Waals surface area contributed by atoms with Crippen LogP contribution in [0.3, 0.4) is 0 Å². The van der Waals surface area contributed by atoms with Crippen molar-refractivity contribution in [2.24, 2.45) is 5.92 Å². The molecular weight excluding hydrogens is 358 g/mol. The van der Waals surface area contributed by atoms with Crippen LogP contribution in [0.5, 0.6) is 0 Å². The Balaban J connectivity index is 2.11. The van der Waals surface area contributed by atoms with Crippen molar-refractivity contribution in [2.75, 3.05) is 31.6 Å². The van der Waals surface area contributed by atoms with Crippen LogP contribution < -0.4 is 5.32 Å². The molecule has 0 aliphatic carbocycles. The third kappa shape index (κ3) is 5.21. The standard InChI is InChI=1S/C17H23N3O3S2/c1-24-10-4-8-19-17(21)15-6-2-7-16(11-15)25(22,23)20-9-3-5-14(12-18)13-20/h2,6-7,11,14H,3-5,8-10,13H2,1H3,(H,19,21)/t14-/m0/s1. The number of amides is 1. The van der Waals surface area contributed by atoms with Crippen molar-refractivity contribution in [3.05, 3.63) is 29.8 Å². The van der Waals surface area contributed by atoms with Gasteiger partial charge in [-0.3, -0.25) is 4.79 Å². The van der Waals surface area contributed by atoms with Gasteiger partial charge in [-0.1, -0.05) is 6.07 Å². The predicted octanol–water partition coefficient (Wildman–Crippen LogP) is 2.09. The monoisotopic (exact) mass is 381 g/mol. The van der Waals surface area contributed by atoms with E-state index in [2.05, 4.69) is 11.4 Å². The number of carbonyl (C=O) groups excluding carboxylic acids is 1. The number of nitriles is 1. The second-order valence-corrected chi connectivity index (χ2v) is 8.88. The number of nitrogens with one attached hydrogen (secondary N) is 1. The maximum Gasteiger partial charge on any atom is 0.251 e. The Morgan fingerprint density at radius 2 is 2.28 bits per heavy atom. The first-order valence-corrected chi connectivity index (χ1v) is 11.1. The molecule has 1 amide bonds. The quantitative estimate of drug-likeness (QED) is 0.731. The number of hydrogen-bond acceptors (Lipinski definition) is 5. The normalized spacial score (nSPS) is 18.5. The molecule has 1 aliphatic rings. The molecule has 1 aromatic rings. The molecule has 8 heteroatoms. The molecule has 0 radical (unpaired) electrons. The smallest absolute Gasteiger partial charge is 0.251 e. The number of carbonyl (C=O) groups is 1. The summed E-state index contributed by atoms with van der Waals surface area (Å²) in [6.45, 7) is 1.18. The van der Waals surface area contributed by atoms with Crippen molar-refractivity contribution < 1.29 is 13.2 Å². The number of nitrogens with zero attached hydrogens (tertiary/aromatic N) is 2. The lowest BCUT2D eigenvalue weighted by atomic mass is 10.0. The van der Waals surface area contributed by atoms with E-state index in [0.717, 1.165) is 18.6 Å². The number of benzene rings is 1. The van der Waals surface area contributed by atoms with Crippen molar-refractivity contribution >= 4 is 27.7 Å². The minimum atomic E-state index is -3.69. The van der Waals surface area contributed by atoms with Crippen LogP contribution >= 0.6 is 11.8 Å². The Hall–Kier alpha value is -1.56. The van der Waals surface area contributed by atoms with Crippen LogP contribution in [0.1, 0.15) is 29.6 Å². The van der Waals surface area contributed by atoms with Crippen LogP contribution in [0.4, 0.5) is 0 Å². The number of rotatable bonds is 7. The van der Waals surface area contributed by atoms with Gasteiger partial charge in [0.05, 0.1) is 16.9 Å². The highest BCUT2D eigenvalue weighted by molar-refractivity contribution is 7.98. The largest absolute Gasteiger partial charge is 0.352 e. The van der Waals surface area contributed by atoms with Gasteiger partial charge in [0.1, 0.15) is 0 Å². The van der Waals surface area contributed by atoms with Gasteiger partial charge < -0.3 is 5.32 Å². The van der Waals surface area contributed by atoms with Crippen LogP contribution in [-0.2, 0) is 10.0 Å². The fourth-order valence-corrected chi connectivity index (χ4v) is 4.74. The summed E-state index contributed by atoms with van der Waals surface area (Å²) >= 11 is 1.71. The molecule has 0 saturated carbocycles. The molecule has 6 nitrogen and oxygen atoms in total. The van der Waals surface area contributed by atoms with Gasteiger partial charge >= 0.3 is 0 Å². The lowest BCUT2D eigenvalue weighted by Crippen LogP contribution is -2.39. The molecule has 1 saturated heterocycles. The van der Waals surface area contributed by atoms with Gasteiger partial charge in [0.2, 0.25) is 10.0 Å². The average molecular weight is 382 g/mol. The van der Waals surface area contributed by atoms with Crippen LogP contribution in [0, 0.1) is 17.2 Å². The first-order chi connectivity index (χ1) is 12.0. The lowest BCUT2D eigenvalue weighted by Gasteiger charge is -2.28. The van der Waals surface area contributed by atoms with Gasteiger partial charge in [-0.15, -0.1) is 0 Å². The van der Waals surface area contributed by atoms with Gasteiger partial charge in [0, 0.05) is 25.2 Å². The number of piperidine rings is 1. The first-order valence-electron chi connectivity index (χ1n) is 8.26. The molecule has 25 heavy (non-hydrogen) atoms. The number of hydrogen-bond donors (Lipinski definition) is 1.